The van der Waals surface area contributed by atoms with Gasteiger partial charge in [0, 0.05) is 43.6 Å². The second kappa shape index (κ2) is 26.8. The highest BCUT2D eigenvalue weighted by Crippen LogP contribution is 2.36. The maximum Gasteiger partial charge on any atom is 0.251 e. The summed E-state index contributed by atoms with van der Waals surface area (Å²) in [5.41, 5.74) is 5.66. The van der Waals surface area contributed by atoms with Crippen molar-refractivity contribution in [1.29, 1.82) is 0 Å². The van der Waals surface area contributed by atoms with Crippen LogP contribution in [-0.4, -0.2) is 127 Å². The molecule has 2 aliphatic carbocycles. The van der Waals surface area contributed by atoms with E-state index in [4.69, 9.17) is 0 Å². The van der Waals surface area contributed by atoms with Crippen LogP contribution in [0.2, 0.25) is 0 Å². The highest BCUT2D eigenvalue weighted by Gasteiger charge is 2.40. The van der Waals surface area contributed by atoms with Crippen LogP contribution in [0.5, 0.6) is 0 Å². The zero-order valence-electron chi connectivity index (χ0n) is 43.8. The molecule has 3 aromatic rings. The Morgan fingerprint density at radius 1 is 0.595 bits per heavy atom. The van der Waals surface area contributed by atoms with Crippen molar-refractivity contribution in [3.63, 3.8) is 0 Å². The van der Waals surface area contributed by atoms with E-state index in [1.54, 1.807) is 62.0 Å². The predicted octanol–water partition coefficient (Wildman–Crippen LogP) is 5.38. The molecule has 2 fully saturated rings. The number of likely N-dealkylation sites (N-methyl/N-ethyl adjacent to an activating group) is 2. The third kappa shape index (κ3) is 14.1. The molecule has 8 atom stereocenters. The molecule has 74 heavy (non-hydrogen) atoms. The Bertz CT molecular complexity index is 2310. The summed E-state index contributed by atoms with van der Waals surface area (Å²) < 4.78 is 0. The fraction of sp³-hybridized carbons (Fsp3) is 0.552. The Morgan fingerprint density at radius 2 is 1.14 bits per heavy atom. The van der Waals surface area contributed by atoms with E-state index in [1.807, 2.05) is 24.3 Å². The van der Waals surface area contributed by atoms with Gasteiger partial charge >= 0.3 is 0 Å². The average molecular weight is 1020 g/mol. The zero-order valence-corrected chi connectivity index (χ0v) is 43.8. The molecule has 16 nitrogen and oxygen atoms in total. The molecule has 7 rings (SSSR count). The minimum atomic E-state index is -0.877. The van der Waals surface area contributed by atoms with Crippen molar-refractivity contribution in [2.45, 2.75) is 171 Å². The molecule has 398 valence electrons. The number of hydrogen-bond acceptors (Lipinski definition) is 10. The maximum absolute atomic E-state index is 14.2. The fourth-order valence-electron chi connectivity index (χ4n) is 11.3. The number of rotatable bonds is 24. The van der Waals surface area contributed by atoms with Gasteiger partial charge in [-0.2, -0.15) is 0 Å². The number of hydrogen-bond donors (Lipinski definition) is 6. The lowest BCUT2D eigenvalue weighted by Gasteiger charge is -2.32. The first-order valence-electron chi connectivity index (χ1n) is 27.2. The Morgan fingerprint density at radius 3 is 1.77 bits per heavy atom. The number of carbonyl (C=O) groups excluding carboxylic acids is 8. The van der Waals surface area contributed by atoms with Crippen LogP contribution in [0.4, 0.5) is 0 Å². The van der Waals surface area contributed by atoms with Crippen molar-refractivity contribution in [2.24, 2.45) is 0 Å². The van der Waals surface area contributed by atoms with Crippen LogP contribution in [0, 0.1) is 0 Å². The van der Waals surface area contributed by atoms with Gasteiger partial charge in [-0.3, -0.25) is 38.4 Å². The molecule has 3 aromatic carbocycles. The van der Waals surface area contributed by atoms with Gasteiger partial charge in [-0.1, -0.05) is 67.1 Å². The predicted molar refractivity (Wildman–Crippen MR) is 283 cm³/mol. The van der Waals surface area contributed by atoms with E-state index >= 15 is 0 Å². The zero-order chi connectivity index (χ0) is 52.7. The summed E-state index contributed by atoms with van der Waals surface area (Å²) in [4.78, 5) is 112. The summed E-state index contributed by atoms with van der Waals surface area (Å²) in [6.45, 7) is 4.50. The van der Waals surface area contributed by atoms with Crippen LogP contribution in [0.3, 0.4) is 0 Å². The van der Waals surface area contributed by atoms with E-state index in [0.717, 1.165) is 44.1 Å². The number of fused-ring (bicyclic) bond motifs is 2. The number of amides is 6. The van der Waals surface area contributed by atoms with Crippen LogP contribution in [-0.2, 0) is 41.6 Å². The molecule has 2 saturated heterocycles. The summed E-state index contributed by atoms with van der Waals surface area (Å²) in [6.07, 6.45) is 10.7. The fourth-order valence-corrected chi connectivity index (χ4v) is 11.3. The van der Waals surface area contributed by atoms with Crippen molar-refractivity contribution < 1.29 is 38.4 Å². The van der Waals surface area contributed by atoms with Crippen molar-refractivity contribution in [1.82, 2.24) is 41.7 Å². The summed E-state index contributed by atoms with van der Waals surface area (Å²) in [6, 6.07) is 18.7. The van der Waals surface area contributed by atoms with Crippen LogP contribution in [0.25, 0.3) is 0 Å². The maximum atomic E-state index is 14.2. The molecule has 0 bridgehead atoms. The molecule has 2 heterocycles. The van der Waals surface area contributed by atoms with Gasteiger partial charge in [-0.15, -0.1) is 0 Å². The number of Topliss-reactive ketones (excluding diaryl/α,β-unsaturated/α-hetero) is 2. The molecule has 2 aliphatic heterocycles. The highest BCUT2D eigenvalue weighted by atomic mass is 16.2. The molecule has 0 spiro atoms. The number of ketones is 2. The van der Waals surface area contributed by atoms with Crippen LogP contribution >= 0.6 is 0 Å². The van der Waals surface area contributed by atoms with Gasteiger partial charge in [0.2, 0.25) is 29.5 Å². The molecule has 0 radical (unpaired) electrons. The molecule has 0 saturated carbocycles. The topological polar surface area (TPSA) is 215 Å². The Hall–Kier alpha value is -6.26. The minimum Gasteiger partial charge on any atom is -0.352 e. The van der Waals surface area contributed by atoms with Crippen LogP contribution in [0.15, 0.2) is 72.8 Å². The van der Waals surface area contributed by atoms with Crippen molar-refractivity contribution in [3.05, 3.63) is 106 Å². The normalized spacial score (nSPS) is 20.8. The van der Waals surface area contributed by atoms with Crippen LogP contribution < -0.4 is 31.9 Å². The van der Waals surface area contributed by atoms with E-state index in [9.17, 15) is 38.4 Å². The molecule has 4 aliphatic rings. The van der Waals surface area contributed by atoms with E-state index in [-0.39, 0.29) is 78.4 Å². The monoisotopic (exact) mass is 1010 g/mol. The molecule has 0 unspecified atom stereocenters. The average Bonchev–Trinajstić information content (AvgIpc) is 4.13. The Balaban J connectivity index is 0.879. The lowest BCUT2D eigenvalue weighted by Crippen LogP contribution is -2.55. The largest absolute Gasteiger partial charge is 0.352 e. The second-order valence-electron chi connectivity index (χ2n) is 20.8. The molecular formula is C58H78N8O8. The Kier molecular flexibility index (Phi) is 20.1. The first-order valence-corrected chi connectivity index (χ1v) is 27.2. The van der Waals surface area contributed by atoms with Crippen molar-refractivity contribution in [2.75, 3.05) is 33.7 Å². The summed E-state index contributed by atoms with van der Waals surface area (Å²) in [5.74, 6) is -1.72. The first kappa shape index (κ1) is 55.5. The van der Waals surface area contributed by atoms with E-state index in [2.05, 4.69) is 56.2 Å². The third-order valence-corrected chi connectivity index (χ3v) is 15.8. The number of unbranched alkanes of at least 4 members (excludes halogenated alkanes) is 1. The van der Waals surface area contributed by atoms with Gasteiger partial charge < -0.3 is 41.7 Å². The van der Waals surface area contributed by atoms with E-state index < -0.39 is 36.3 Å². The smallest absolute Gasteiger partial charge is 0.251 e. The summed E-state index contributed by atoms with van der Waals surface area (Å²) in [7, 11) is 3.34. The SMILES string of the molecule is CN[C@@H](C)C(=O)N[C@@H](CCCNC(=O)c1ccc(C(=O)CCCC[C@H](NC(=O)[C@H](C)NC)C(=O)N2CCC[C@H]2C(=O)N[C@@H]2CCCc3ccccc32)cc1)C(=O)N1CCC[C@H]1C(=O)C[C@@H]1CCCc2ccccc21. The lowest BCUT2D eigenvalue weighted by atomic mass is 9.79. The van der Waals surface area contributed by atoms with Crippen LogP contribution in [0.1, 0.15) is 165 Å². The second-order valence-corrected chi connectivity index (χ2v) is 20.8. The van der Waals surface area contributed by atoms with Gasteiger partial charge in [-0.25, -0.2) is 0 Å². The van der Waals surface area contributed by atoms with Gasteiger partial charge in [0.05, 0.1) is 24.2 Å². The van der Waals surface area contributed by atoms with E-state index in [1.165, 1.54) is 16.7 Å². The standard InChI is InChI=1S/C58H78N8O8/c1-37(59-3)53(69)63-47(58(74)66-35-15-27-50(66)56(72)62-46-24-12-19-40-17-6-8-22-45(40)46)23-9-10-28-51(67)41-29-31-42(32-30-41)55(71)61-33-13-25-48(64-54(70)38(2)60-4)57(73)65-34-14-26-49(65)52(68)36-43-20-11-18-39-16-5-7-21-44(39)43/h5-8,16-17,21-22,29-32,37-38,43,46-50,59-60H,9-15,18-20,23-28,33-36H2,1-4H3,(H,61,71)(H,62,72)(H,63,69)(H,64,70)/t37-,38-,43-,46+,47-,48-,49-,50-/m0/s1. The van der Waals surface area contributed by atoms with Crippen molar-refractivity contribution in [3.8, 4) is 0 Å². The highest BCUT2D eigenvalue weighted by molar-refractivity contribution is 5.99. The number of likely N-dealkylation sites (tertiary alicyclic amines) is 2. The van der Waals surface area contributed by atoms with Gasteiger partial charge in [0.1, 0.15) is 18.1 Å². The molecular weight excluding hydrogens is 937 g/mol. The Labute approximate surface area is 436 Å². The van der Waals surface area contributed by atoms with Crippen molar-refractivity contribution >= 4 is 47.0 Å². The summed E-state index contributed by atoms with van der Waals surface area (Å²) in [5, 5.41) is 17.8. The first-order chi connectivity index (χ1) is 35.8. The molecule has 0 aromatic heterocycles. The van der Waals surface area contributed by atoms with Gasteiger partial charge in [-0.05, 0) is 158 Å². The summed E-state index contributed by atoms with van der Waals surface area (Å²) >= 11 is 0. The van der Waals surface area contributed by atoms with Gasteiger partial charge in [0.25, 0.3) is 5.91 Å². The minimum absolute atomic E-state index is 0.0572. The molecule has 6 N–H and O–H groups in total. The number of aryl methyl sites for hydroxylation is 2. The van der Waals surface area contributed by atoms with Gasteiger partial charge in [0.15, 0.2) is 11.6 Å². The molecule has 6 amide bonds. The quantitative estimate of drug-likeness (QED) is 0.0498. The third-order valence-electron chi connectivity index (χ3n) is 15.8. The lowest BCUT2D eigenvalue weighted by molar-refractivity contribution is -0.142. The van der Waals surface area contributed by atoms with E-state index in [0.29, 0.717) is 82.0 Å². The number of nitrogens with one attached hydrogen (secondary N) is 6. The molecule has 16 heteroatoms. The number of benzene rings is 3. The number of carbonyl (C=O) groups is 8. The number of nitrogens with zero attached hydrogens (tertiary/aromatic N) is 2.